The number of nitrogens with zero attached hydrogens (tertiary/aromatic N) is 4. The van der Waals surface area contributed by atoms with Gasteiger partial charge in [0.2, 0.25) is 5.82 Å². The van der Waals surface area contributed by atoms with Crippen molar-refractivity contribution in [3.8, 4) is 0 Å². The zero-order valence-electron chi connectivity index (χ0n) is 11.8. The number of nitrogens with two attached hydrogens (primary N) is 1. The highest BCUT2D eigenvalue weighted by molar-refractivity contribution is 5.58. The average molecular weight is 267 g/mol. The zero-order valence-corrected chi connectivity index (χ0v) is 11.8. The van der Waals surface area contributed by atoms with Crippen LogP contribution < -0.4 is 10.6 Å². The predicted molar refractivity (Wildman–Crippen MR) is 76.3 cm³/mol. The smallest absolute Gasteiger partial charge is 0.311 e. The lowest BCUT2D eigenvalue weighted by Crippen LogP contribution is -2.40. The van der Waals surface area contributed by atoms with Crippen molar-refractivity contribution in [2.75, 3.05) is 37.8 Å². The Kier molecular flexibility index (Phi) is 5.05. The maximum Gasteiger partial charge on any atom is 0.311 e. The molecule has 0 aliphatic heterocycles. The van der Waals surface area contributed by atoms with Gasteiger partial charge in [-0.1, -0.05) is 0 Å². The van der Waals surface area contributed by atoms with Crippen LogP contribution in [0, 0.1) is 10.1 Å². The van der Waals surface area contributed by atoms with Gasteiger partial charge in [-0.25, -0.2) is 4.98 Å². The maximum atomic E-state index is 10.7. The SMILES string of the molecule is CCN(c1ccc([N+](=O)[O-])c(N)n1)C(C)CN(C)C. The monoisotopic (exact) mass is 267 g/mol. The Morgan fingerprint density at radius 3 is 2.53 bits per heavy atom. The minimum atomic E-state index is -0.522. The van der Waals surface area contributed by atoms with Gasteiger partial charge in [-0.2, -0.15) is 0 Å². The van der Waals surface area contributed by atoms with Gasteiger partial charge in [-0.05, 0) is 34.0 Å². The molecule has 0 aromatic carbocycles. The minimum absolute atomic E-state index is 0.0435. The van der Waals surface area contributed by atoms with E-state index in [1.54, 1.807) is 6.07 Å². The first-order chi connectivity index (χ1) is 8.86. The molecule has 0 saturated carbocycles. The summed E-state index contributed by atoms with van der Waals surface area (Å²) < 4.78 is 0. The van der Waals surface area contributed by atoms with Crippen LogP contribution in [-0.4, -0.2) is 48.0 Å². The summed E-state index contributed by atoms with van der Waals surface area (Å²) in [5.74, 6) is 0.623. The van der Waals surface area contributed by atoms with Crippen LogP contribution >= 0.6 is 0 Å². The molecular weight excluding hydrogens is 246 g/mol. The summed E-state index contributed by atoms with van der Waals surface area (Å²) in [6, 6.07) is 3.29. The Hall–Kier alpha value is -1.89. The second kappa shape index (κ2) is 6.33. The molecule has 1 rings (SSSR count). The molecule has 0 bridgehead atoms. The normalized spacial score (nSPS) is 12.5. The predicted octanol–water partition coefficient (Wildman–Crippen LogP) is 1.35. The maximum absolute atomic E-state index is 10.7. The number of nitrogen functional groups attached to an aromatic ring is 1. The number of anilines is 2. The molecule has 0 radical (unpaired) electrons. The second-order valence-corrected chi connectivity index (χ2v) is 4.73. The number of aromatic nitrogens is 1. The summed E-state index contributed by atoms with van der Waals surface area (Å²) in [6.45, 7) is 5.74. The number of pyridine rings is 1. The van der Waals surface area contributed by atoms with Gasteiger partial charge in [0.05, 0.1) is 4.92 Å². The number of nitro groups is 1. The van der Waals surface area contributed by atoms with Crippen LogP contribution in [0.4, 0.5) is 17.3 Å². The lowest BCUT2D eigenvalue weighted by atomic mass is 10.2. The van der Waals surface area contributed by atoms with E-state index in [1.165, 1.54) is 6.07 Å². The molecule has 0 amide bonds. The van der Waals surface area contributed by atoms with Crippen LogP contribution in [0.3, 0.4) is 0 Å². The molecule has 0 fully saturated rings. The third-order valence-electron chi connectivity index (χ3n) is 2.88. The quantitative estimate of drug-likeness (QED) is 0.618. The molecule has 1 aromatic rings. The van der Waals surface area contributed by atoms with Gasteiger partial charge in [0.25, 0.3) is 0 Å². The van der Waals surface area contributed by atoms with Crippen LogP contribution in [0.25, 0.3) is 0 Å². The molecule has 0 spiro atoms. The topological polar surface area (TPSA) is 88.5 Å². The lowest BCUT2D eigenvalue weighted by molar-refractivity contribution is -0.384. The Labute approximate surface area is 113 Å². The van der Waals surface area contributed by atoms with Gasteiger partial charge in [0.1, 0.15) is 5.82 Å². The Morgan fingerprint density at radius 2 is 2.11 bits per heavy atom. The largest absolute Gasteiger partial charge is 0.378 e. The number of rotatable bonds is 6. The van der Waals surface area contributed by atoms with Crippen LogP contribution in [0.5, 0.6) is 0 Å². The van der Waals surface area contributed by atoms with Crippen LogP contribution in [-0.2, 0) is 0 Å². The van der Waals surface area contributed by atoms with Gasteiger partial charge in [-0.15, -0.1) is 0 Å². The molecule has 7 heteroatoms. The first-order valence-corrected chi connectivity index (χ1v) is 6.19. The summed E-state index contributed by atoms with van der Waals surface area (Å²) >= 11 is 0. The van der Waals surface area contributed by atoms with Crippen molar-refractivity contribution in [2.24, 2.45) is 0 Å². The number of hydrogen-bond donors (Lipinski definition) is 1. The molecule has 1 unspecified atom stereocenters. The van der Waals surface area contributed by atoms with E-state index >= 15 is 0 Å². The molecule has 0 aliphatic carbocycles. The van der Waals surface area contributed by atoms with E-state index in [1.807, 2.05) is 21.0 Å². The Morgan fingerprint density at radius 1 is 1.47 bits per heavy atom. The van der Waals surface area contributed by atoms with E-state index in [0.717, 1.165) is 13.1 Å². The van der Waals surface area contributed by atoms with Gasteiger partial charge in [-0.3, -0.25) is 10.1 Å². The van der Waals surface area contributed by atoms with Crippen molar-refractivity contribution < 1.29 is 4.92 Å². The average Bonchev–Trinajstić information content (AvgIpc) is 2.28. The molecule has 19 heavy (non-hydrogen) atoms. The summed E-state index contributed by atoms with van der Waals surface area (Å²) in [5, 5.41) is 10.7. The summed E-state index contributed by atoms with van der Waals surface area (Å²) in [7, 11) is 4.00. The van der Waals surface area contributed by atoms with Crippen molar-refractivity contribution in [1.82, 2.24) is 9.88 Å². The highest BCUT2D eigenvalue weighted by atomic mass is 16.6. The van der Waals surface area contributed by atoms with E-state index in [4.69, 9.17) is 5.73 Å². The fraction of sp³-hybridized carbons (Fsp3) is 0.583. The van der Waals surface area contributed by atoms with Crippen LogP contribution in [0.15, 0.2) is 12.1 Å². The number of likely N-dealkylation sites (N-methyl/N-ethyl adjacent to an activating group) is 2. The molecule has 1 aromatic heterocycles. The van der Waals surface area contributed by atoms with Gasteiger partial charge in [0.15, 0.2) is 0 Å². The molecule has 0 saturated heterocycles. The number of hydrogen-bond acceptors (Lipinski definition) is 6. The van der Waals surface area contributed by atoms with E-state index in [2.05, 4.69) is 21.7 Å². The standard InChI is InChI=1S/C12H21N5O2/c1-5-16(9(2)8-15(3)4)11-7-6-10(17(18)19)12(13)14-11/h6-7,9H,5,8H2,1-4H3,(H2,13,14). The zero-order chi connectivity index (χ0) is 14.6. The highest BCUT2D eigenvalue weighted by Crippen LogP contribution is 2.24. The van der Waals surface area contributed by atoms with Gasteiger partial charge in [0, 0.05) is 25.2 Å². The third-order valence-corrected chi connectivity index (χ3v) is 2.88. The second-order valence-electron chi connectivity index (χ2n) is 4.73. The Balaban J connectivity index is 2.99. The lowest BCUT2D eigenvalue weighted by Gasteiger charge is -2.31. The van der Waals surface area contributed by atoms with Crippen molar-refractivity contribution in [1.29, 1.82) is 0 Å². The summed E-state index contributed by atoms with van der Waals surface area (Å²) in [6.07, 6.45) is 0. The van der Waals surface area contributed by atoms with Crippen molar-refractivity contribution in [3.05, 3.63) is 22.2 Å². The summed E-state index contributed by atoms with van der Waals surface area (Å²) in [4.78, 5) is 18.5. The van der Waals surface area contributed by atoms with Gasteiger partial charge >= 0.3 is 5.69 Å². The fourth-order valence-corrected chi connectivity index (χ4v) is 2.10. The van der Waals surface area contributed by atoms with Crippen molar-refractivity contribution >= 4 is 17.3 Å². The third kappa shape index (κ3) is 3.78. The van der Waals surface area contributed by atoms with E-state index in [0.29, 0.717) is 5.82 Å². The molecule has 1 atom stereocenters. The van der Waals surface area contributed by atoms with E-state index < -0.39 is 4.92 Å². The molecule has 7 nitrogen and oxygen atoms in total. The molecular formula is C12H21N5O2. The molecule has 106 valence electrons. The fourth-order valence-electron chi connectivity index (χ4n) is 2.10. The first kappa shape index (κ1) is 15.2. The summed E-state index contributed by atoms with van der Waals surface area (Å²) in [5.41, 5.74) is 5.47. The van der Waals surface area contributed by atoms with Crippen molar-refractivity contribution in [2.45, 2.75) is 19.9 Å². The first-order valence-electron chi connectivity index (χ1n) is 6.19. The molecule has 0 aliphatic rings. The molecule has 1 heterocycles. The van der Waals surface area contributed by atoms with E-state index in [9.17, 15) is 10.1 Å². The van der Waals surface area contributed by atoms with Crippen LogP contribution in [0.1, 0.15) is 13.8 Å². The minimum Gasteiger partial charge on any atom is -0.378 e. The van der Waals surface area contributed by atoms with Gasteiger partial charge < -0.3 is 15.5 Å². The highest BCUT2D eigenvalue weighted by Gasteiger charge is 2.19. The van der Waals surface area contributed by atoms with Crippen LogP contribution in [0.2, 0.25) is 0 Å². The van der Waals surface area contributed by atoms with Crippen molar-refractivity contribution in [3.63, 3.8) is 0 Å². The molecule has 2 N–H and O–H groups in total. The Bertz CT molecular complexity index is 450. The van der Waals surface area contributed by atoms with E-state index in [-0.39, 0.29) is 17.5 Å².